The summed E-state index contributed by atoms with van der Waals surface area (Å²) in [4.78, 5) is 25.9. The first kappa shape index (κ1) is 18.0. The minimum atomic E-state index is -0.269. The summed E-state index contributed by atoms with van der Waals surface area (Å²) in [5.74, 6) is -0.451. The molecule has 0 bridgehead atoms. The Kier molecular flexibility index (Phi) is 5.62. The summed E-state index contributed by atoms with van der Waals surface area (Å²) < 4.78 is 0. The lowest BCUT2D eigenvalue weighted by Crippen LogP contribution is -2.36. The van der Waals surface area contributed by atoms with Crippen LogP contribution >= 0.6 is 11.6 Å². The van der Waals surface area contributed by atoms with Gasteiger partial charge in [-0.2, -0.15) is 0 Å². The topological polar surface area (TPSA) is 49.4 Å². The summed E-state index contributed by atoms with van der Waals surface area (Å²) >= 11 is 5.97. The van der Waals surface area contributed by atoms with E-state index in [2.05, 4.69) is 5.32 Å². The molecule has 2 rings (SSSR count). The van der Waals surface area contributed by atoms with E-state index in [-0.39, 0.29) is 18.4 Å². The number of halogens is 1. The number of nitrogens with zero attached hydrogens (tertiary/aromatic N) is 1. The van der Waals surface area contributed by atoms with Crippen LogP contribution in [0.3, 0.4) is 0 Å². The molecule has 0 unspecified atom stereocenters. The van der Waals surface area contributed by atoms with Crippen LogP contribution in [-0.2, 0) is 9.59 Å². The monoisotopic (exact) mass is 344 g/mol. The highest BCUT2D eigenvalue weighted by molar-refractivity contribution is 6.31. The molecule has 126 valence electrons. The molecule has 0 saturated carbocycles. The second-order valence-electron chi connectivity index (χ2n) is 5.96. The van der Waals surface area contributed by atoms with Gasteiger partial charge in [0.1, 0.15) is 6.54 Å². The average molecular weight is 345 g/mol. The molecule has 0 aliphatic heterocycles. The molecule has 2 aromatic rings. The van der Waals surface area contributed by atoms with Gasteiger partial charge in [0.2, 0.25) is 11.8 Å². The average Bonchev–Trinajstić information content (AvgIpc) is 2.47. The van der Waals surface area contributed by atoms with Gasteiger partial charge < -0.3 is 10.2 Å². The fourth-order valence-electron chi connectivity index (χ4n) is 2.55. The van der Waals surface area contributed by atoms with Crippen LogP contribution in [0, 0.1) is 20.8 Å². The Morgan fingerprint density at radius 2 is 1.67 bits per heavy atom. The molecule has 0 atom stereocenters. The van der Waals surface area contributed by atoms with Crippen molar-refractivity contribution in [2.75, 3.05) is 16.8 Å². The molecule has 0 radical (unpaired) electrons. The number of aryl methyl sites for hydroxylation is 3. The van der Waals surface area contributed by atoms with Crippen LogP contribution in [0.15, 0.2) is 36.4 Å². The molecule has 24 heavy (non-hydrogen) atoms. The number of carbonyl (C=O) groups is 2. The van der Waals surface area contributed by atoms with E-state index in [9.17, 15) is 9.59 Å². The molecular weight excluding hydrogens is 324 g/mol. The molecule has 0 spiro atoms. The number of rotatable bonds is 4. The van der Waals surface area contributed by atoms with E-state index >= 15 is 0 Å². The molecule has 0 aromatic heterocycles. The Labute approximate surface area is 147 Å². The van der Waals surface area contributed by atoms with Gasteiger partial charge in [-0.25, -0.2) is 0 Å². The van der Waals surface area contributed by atoms with E-state index in [1.54, 1.807) is 12.1 Å². The maximum atomic E-state index is 12.4. The van der Waals surface area contributed by atoms with Crippen molar-refractivity contribution in [2.24, 2.45) is 0 Å². The van der Waals surface area contributed by atoms with E-state index in [4.69, 9.17) is 11.6 Å². The SMILES string of the molecule is CC(=O)N(CC(=O)Nc1cc(Cl)ccc1C)c1cc(C)cc(C)c1. The van der Waals surface area contributed by atoms with E-state index < -0.39 is 0 Å². The summed E-state index contributed by atoms with van der Waals surface area (Å²) in [6.07, 6.45) is 0. The fraction of sp³-hybridized carbons (Fsp3) is 0.263. The van der Waals surface area contributed by atoms with Crippen LogP contribution in [0.4, 0.5) is 11.4 Å². The van der Waals surface area contributed by atoms with Gasteiger partial charge in [-0.05, 0) is 61.7 Å². The Morgan fingerprint density at radius 1 is 1.04 bits per heavy atom. The molecular formula is C19H21ClN2O2. The van der Waals surface area contributed by atoms with Gasteiger partial charge in [-0.3, -0.25) is 9.59 Å². The number of hydrogen-bond acceptors (Lipinski definition) is 2. The Balaban J connectivity index is 2.20. The number of hydrogen-bond donors (Lipinski definition) is 1. The Bertz CT molecular complexity index is 767. The highest BCUT2D eigenvalue weighted by Crippen LogP contribution is 2.21. The minimum absolute atomic E-state index is 0.0514. The van der Waals surface area contributed by atoms with Gasteiger partial charge in [0, 0.05) is 23.3 Å². The minimum Gasteiger partial charge on any atom is -0.324 e. The lowest BCUT2D eigenvalue weighted by atomic mass is 10.1. The third-order valence-electron chi connectivity index (χ3n) is 3.67. The van der Waals surface area contributed by atoms with Gasteiger partial charge >= 0.3 is 0 Å². The van der Waals surface area contributed by atoms with Gasteiger partial charge in [0.05, 0.1) is 0 Å². The molecule has 0 fully saturated rings. The van der Waals surface area contributed by atoms with Crippen LogP contribution in [0.1, 0.15) is 23.6 Å². The second-order valence-corrected chi connectivity index (χ2v) is 6.39. The number of amides is 2. The molecule has 0 aliphatic carbocycles. The zero-order valence-corrected chi connectivity index (χ0v) is 15.1. The van der Waals surface area contributed by atoms with Crippen molar-refractivity contribution in [1.29, 1.82) is 0 Å². The molecule has 5 heteroatoms. The van der Waals surface area contributed by atoms with Gasteiger partial charge in [-0.15, -0.1) is 0 Å². The largest absolute Gasteiger partial charge is 0.324 e. The summed E-state index contributed by atoms with van der Waals surface area (Å²) in [5.41, 5.74) is 4.37. The molecule has 4 nitrogen and oxygen atoms in total. The standard InChI is InChI=1S/C19H21ClN2O2/c1-12-7-13(2)9-17(8-12)22(15(4)23)11-19(24)21-18-10-16(20)6-5-14(18)3/h5-10H,11H2,1-4H3,(H,21,24). The van der Waals surface area contributed by atoms with Crippen molar-refractivity contribution in [3.05, 3.63) is 58.1 Å². The summed E-state index contributed by atoms with van der Waals surface area (Å²) in [5, 5.41) is 3.37. The second kappa shape index (κ2) is 7.49. The van der Waals surface area contributed by atoms with Crippen LogP contribution < -0.4 is 10.2 Å². The summed E-state index contributed by atoms with van der Waals surface area (Å²) in [7, 11) is 0. The Morgan fingerprint density at radius 3 is 2.25 bits per heavy atom. The van der Waals surface area contributed by atoms with Crippen molar-refractivity contribution in [1.82, 2.24) is 0 Å². The number of nitrogens with one attached hydrogen (secondary N) is 1. The highest BCUT2D eigenvalue weighted by Gasteiger charge is 2.17. The van der Waals surface area contributed by atoms with Crippen LogP contribution in [0.5, 0.6) is 0 Å². The van der Waals surface area contributed by atoms with E-state index in [0.717, 1.165) is 22.4 Å². The zero-order chi connectivity index (χ0) is 17.9. The first-order valence-electron chi connectivity index (χ1n) is 7.68. The highest BCUT2D eigenvalue weighted by atomic mass is 35.5. The maximum Gasteiger partial charge on any atom is 0.244 e. The predicted molar refractivity (Wildman–Crippen MR) is 98.8 cm³/mol. The number of benzene rings is 2. The quantitative estimate of drug-likeness (QED) is 0.901. The summed E-state index contributed by atoms with van der Waals surface area (Å²) in [6.45, 7) is 7.22. The van der Waals surface area contributed by atoms with E-state index in [0.29, 0.717) is 10.7 Å². The van der Waals surface area contributed by atoms with Crippen molar-refractivity contribution in [3.8, 4) is 0 Å². The van der Waals surface area contributed by atoms with Gasteiger partial charge in [0.25, 0.3) is 0 Å². The van der Waals surface area contributed by atoms with Gasteiger partial charge in [-0.1, -0.05) is 23.7 Å². The molecule has 0 saturated heterocycles. The lowest BCUT2D eigenvalue weighted by Gasteiger charge is -2.22. The van der Waals surface area contributed by atoms with E-state index in [1.807, 2.05) is 45.0 Å². The van der Waals surface area contributed by atoms with Crippen LogP contribution in [-0.4, -0.2) is 18.4 Å². The lowest BCUT2D eigenvalue weighted by molar-refractivity contribution is -0.120. The van der Waals surface area contributed by atoms with Crippen LogP contribution in [0.25, 0.3) is 0 Å². The molecule has 0 heterocycles. The maximum absolute atomic E-state index is 12.4. The number of carbonyl (C=O) groups excluding carboxylic acids is 2. The molecule has 1 N–H and O–H groups in total. The van der Waals surface area contributed by atoms with Crippen molar-refractivity contribution < 1.29 is 9.59 Å². The first-order valence-corrected chi connectivity index (χ1v) is 8.06. The molecule has 2 amide bonds. The van der Waals surface area contributed by atoms with E-state index in [1.165, 1.54) is 11.8 Å². The number of anilines is 2. The van der Waals surface area contributed by atoms with Crippen molar-refractivity contribution in [2.45, 2.75) is 27.7 Å². The summed E-state index contributed by atoms with van der Waals surface area (Å²) in [6, 6.07) is 11.1. The first-order chi connectivity index (χ1) is 11.3. The molecule has 2 aromatic carbocycles. The normalized spacial score (nSPS) is 10.4. The van der Waals surface area contributed by atoms with Crippen molar-refractivity contribution >= 4 is 34.8 Å². The third kappa shape index (κ3) is 4.59. The molecule has 0 aliphatic rings. The zero-order valence-electron chi connectivity index (χ0n) is 14.3. The van der Waals surface area contributed by atoms with Crippen LogP contribution in [0.2, 0.25) is 5.02 Å². The Hall–Kier alpha value is -2.33. The van der Waals surface area contributed by atoms with Crippen molar-refractivity contribution in [3.63, 3.8) is 0 Å². The smallest absolute Gasteiger partial charge is 0.244 e. The fourth-order valence-corrected chi connectivity index (χ4v) is 2.73. The predicted octanol–water partition coefficient (Wildman–Crippen LogP) is 4.26. The third-order valence-corrected chi connectivity index (χ3v) is 3.91. The van der Waals surface area contributed by atoms with Gasteiger partial charge in [0.15, 0.2) is 0 Å².